The van der Waals surface area contributed by atoms with Crippen LogP contribution in [0.2, 0.25) is 0 Å². The predicted octanol–water partition coefficient (Wildman–Crippen LogP) is 0.529. The number of sulfonamides is 1. The van der Waals surface area contributed by atoms with Crippen molar-refractivity contribution >= 4 is 10.0 Å². The van der Waals surface area contributed by atoms with Crippen LogP contribution in [0.3, 0.4) is 0 Å². The highest BCUT2D eigenvalue weighted by Gasteiger charge is 2.26. The number of benzene rings is 1. The normalized spacial score (nSPS) is 11.3. The molecule has 0 unspecified atom stereocenters. The van der Waals surface area contributed by atoms with E-state index in [-0.39, 0.29) is 26.2 Å². The number of nitrogens with two attached hydrogens (primary N) is 1. The van der Waals surface area contributed by atoms with Gasteiger partial charge >= 0.3 is 0 Å². The standard InChI is InChI=1S/C14H19FN2O3S/c1-2-8-17(9-10-18)21(19,20)14-6-5-12(4-3-7-16)11-13(14)15/h5-6,11,18H,2,7-10,16H2,1H3. The summed E-state index contributed by atoms with van der Waals surface area (Å²) in [6, 6.07) is 3.69. The Hall–Kier alpha value is -1.46. The lowest BCUT2D eigenvalue weighted by molar-refractivity contribution is 0.253. The summed E-state index contributed by atoms with van der Waals surface area (Å²) < 4.78 is 39.9. The molecule has 21 heavy (non-hydrogen) atoms. The van der Waals surface area contributed by atoms with E-state index in [0.717, 1.165) is 10.4 Å². The molecule has 0 heterocycles. The smallest absolute Gasteiger partial charge is 0.246 e. The molecule has 0 atom stereocenters. The fourth-order valence-electron chi connectivity index (χ4n) is 1.79. The van der Waals surface area contributed by atoms with E-state index in [9.17, 15) is 12.8 Å². The molecule has 0 saturated carbocycles. The van der Waals surface area contributed by atoms with Crippen LogP contribution in [0, 0.1) is 17.7 Å². The van der Waals surface area contributed by atoms with Gasteiger partial charge in [-0.2, -0.15) is 4.31 Å². The first-order chi connectivity index (χ1) is 9.97. The van der Waals surface area contributed by atoms with E-state index in [1.165, 1.54) is 12.1 Å². The Kier molecular flexibility index (Phi) is 6.78. The van der Waals surface area contributed by atoms with Crippen molar-refractivity contribution in [2.45, 2.75) is 18.2 Å². The topological polar surface area (TPSA) is 83.6 Å². The zero-order valence-electron chi connectivity index (χ0n) is 11.8. The molecule has 0 spiro atoms. The van der Waals surface area contributed by atoms with Crippen molar-refractivity contribution in [1.82, 2.24) is 4.31 Å². The van der Waals surface area contributed by atoms with Crippen LogP contribution in [-0.2, 0) is 10.0 Å². The molecular formula is C14H19FN2O3S. The zero-order valence-corrected chi connectivity index (χ0v) is 12.7. The van der Waals surface area contributed by atoms with Crippen molar-refractivity contribution in [1.29, 1.82) is 0 Å². The summed E-state index contributed by atoms with van der Waals surface area (Å²) >= 11 is 0. The van der Waals surface area contributed by atoms with E-state index < -0.39 is 20.7 Å². The van der Waals surface area contributed by atoms with Gasteiger partial charge in [0.1, 0.15) is 10.7 Å². The predicted molar refractivity (Wildman–Crippen MR) is 78.5 cm³/mol. The highest BCUT2D eigenvalue weighted by Crippen LogP contribution is 2.20. The molecule has 0 aromatic heterocycles. The molecular weight excluding hydrogens is 295 g/mol. The number of hydrogen-bond donors (Lipinski definition) is 2. The Morgan fingerprint density at radius 1 is 1.38 bits per heavy atom. The molecule has 5 nitrogen and oxygen atoms in total. The van der Waals surface area contributed by atoms with Crippen molar-refractivity contribution in [2.24, 2.45) is 5.73 Å². The third kappa shape index (κ3) is 4.51. The molecule has 0 saturated heterocycles. The monoisotopic (exact) mass is 314 g/mol. The second-order valence-electron chi connectivity index (χ2n) is 4.28. The number of aliphatic hydroxyl groups excluding tert-OH is 1. The van der Waals surface area contributed by atoms with Crippen molar-refractivity contribution in [2.75, 3.05) is 26.2 Å². The third-order valence-electron chi connectivity index (χ3n) is 2.71. The summed E-state index contributed by atoms with van der Waals surface area (Å²) in [4.78, 5) is -0.414. The van der Waals surface area contributed by atoms with Gasteiger partial charge in [0.15, 0.2) is 0 Å². The lowest BCUT2D eigenvalue weighted by Crippen LogP contribution is -2.34. The molecule has 0 fully saturated rings. The van der Waals surface area contributed by atoms with Crippen molar-refractivity contribution < 1.29 is 17.9 Å². The summed E-state index contributed by atoms with van der Waals surface area (Å²) in [5.41, 5.74) is 5.59. The van der Waals surface area contributed by atoms with Crippen LogP contribution in [0.15, 0.2) is 23.1 Å². The minimum atomic E-state index is -3.97. The van der Waals surface area contributed by atoms with Gasteiger partial charge < -0.3 is 10.8 Å². The summed E-state index contributed by atoms with van der Waals surface area (Å²) in [5.74, 6) is 4.35. The molecule has 0 amide bonds. The Labute approximate surface area is 124 Å². The Bertz CT molecular complexity index is 629. The van der Waals surface area contributed by atoms with Gasteiger partial charge in [-0.25, -0.2) is 12.8 Å². The lowest BCUT2D eigenvalue weighted by Gasteiger charge is -2.20. The summed E-state index contributed by atoms with van der Waals surface area (Å²) in [5, 5.41) is 8.95. The van der Waals surface area contributed by atoms with Gasteiger partial charge in [-0.1, -0.05) is 18.8 Å². The van der Waals surface area contributed by atoms with Gasteiger partial charge in [0.05, 0.1) is 13.2 Å². The van der Waals surface area contributed by atoms with Gasteiger partial charge in [-0.15, -0.1) is 0 Å². The Morgan fingerprint density at radius 3 is 2.62 bits per heavy atom. The van der Waals surface area contributed by atoms with Gasteiger partial charge in [-0.05, 0) is 24.6 Å². The van der Waals surface area contributed by atoms with Gasteiger partial charge in [0, 0.05) is 18.7 Å². The average molecular weight is 314 g/mol. The largest absolute Gasteiger partial charge is 0.395 e. The van der Waals surface area contributed by atoms with Crippen LogP contribution >= 0.6 is 0 Å². The van der Waals surface area contributed by atoms with E-state index in [2.05, 4.69) is 11.8 Å². The maximum Gasteiger partial charge on any atom is 0.246 e. The minimum absolute atomic E-state index is 0.0651. The van der Waals surface area contributed by atoms with Crippen LogP contribution in [0.1, 0.15) is 18.9 Å². The van der Waals surface area contributed by atoms with Crippen molar-refractivity contribution in [3.05, 3.63) is 29.6 Å². The Balaban J connectivity index is 3.18. The molecule has 0 aliphatic rings. The van der Waals surface area contributed by atoms with E-state index in [1.807, 2.05) is 6.92 Å². The van der Waals surface area contributed by atoms with Crippen LogP contribution in [0.4, 0.5) is 4.39 Å². The summed E-state index contributed by atoms with van der Waals surface area (Å²) in [6.07, 6.45) is 0.570. The van der Waals surface area contributed by atoms with Crippen LogP contribution in [0.25, 0.3) is 0 Å². The molecule has 0 radical (unpaired) electrons. The number of rotatable bonds is 6. The molecule has 1 aromatic carbocycles. The fraction of sp³-hybridized carbons (Fsp3) is 0.429. The maximum atomic E-state index is 14.0. The lowest BCUT2D eigenvalue weighted by atomic mass is 10.2. The highest BCUT2D eigenvalue weighted by atomic mass is 32.2. The van der Waals surface area contributed by atoms with E-state index in [0.29, 0.717) is 12.0 Å². The summed E-state index contributed by atoms with van der Waals surface area (Å²) in [7, 11) is -3.97. The Morgan fingerprint density at radius 2 is 2.10 bits per heavy atom. The molecule has 1 aromatic rings. The molecule has 0 aliphatic heterocycles. The second kappa shape index (κ2) is 8.10. The quantitative estimate of drug-likeness (QED) is 0.750. The molecule has 116 valence electrons. The van der Waals surface area contributed by atoms with Gasteiger partial charge in [0.25, 0.3) is 0 Å². The minimum Gasteiger partial charge on any atom is -0.395 e. The summed E-state index contributed by atoms with van der Waals surface area (Å²) in [6.45, 7) is 1.78. The van der Waals surface area contributed by atoms with Crippen LogP contribution < -0.4 is 5.73 Å². The van der Waals surface area contributed by atoms with E-state index in [4.69, 9.17) is 10.8 Å². The van der Waals surface area contributed by atoms with Crippen LogP contribution in [-0.4, -0.2) is 44.1 Å². The fourth-order valence-corrected chi connectivity index (χ4v) is 3.36. The average Bonchev–Trinajstić information content (AvgIpc) is 2.44. The van der Waals surface area contributed by atoms with Gasteiger partial charge in [0.2, 0.25) is 10.0 Å². The van der Waals surface area contributed by atoms with E-state index in [1.54, 1.807) is 0 Å². The highest BCUT2D eigenvalue weighted by molar-refractivity contribution is 7.89. The van der Waals surface area contributed by atoms with E-state index >= 15 is 0 Å². The first kappa shape index (κ1) is 17.6. The zero-order chi connectivity index (χ0) is 15.9. The first-order valence-corrected chi connectivity index (χ1v) is 8.00. The van der Waals surface area contributed by atoms with Crippen molar-refractivity contribution in [3.63, 3.8) is 0 Å². The molecule has 0 aliphatic carbocycles. The second-order valence-corrected chi connectivity index (χ2v) is 6.19. The number of halogens is 1. The molecule has 1 rings (SSSR count). The number of nitrogens with zero attached hydrogens (tertiary/aromatic N) is 1. The molecule has 0 bridgehead atoms. The number of hydrogen-bond acceptors (Lipinski definition) is 4. The third-order valence-corrected chi connectivity index (χ3v) is 4.64. The van der Waals surface area contributed by atoms with Gasteiger partial charge in [-0.3, -0.25) is 0 Å². The maximum absolute atomic E-state index is 14.0. The number of aliphatic hydroxyl groups is 1. The molecule has 7 heteroatoms. The van der Waals surface area contributed by atoms with Crippen molar-refractivity contribution in [3.8, 4) is 11.8 Å². The molecule has 3 N–H and O–H groups in total. The first-order valence-electron chi connectivity index (χ1n) is 6.56. The van der Waals surface area contributed by atoms with Crippen LogP contribution in [0.5, 0.6) is 0 Å². The SMILES string of the molecule is CCCN(CCO)S(=O)(=O)c1ccc(C#CCN)cc1F.